The van der Waals surface area contributed by atoms with Gasteiger partial charge in [0.25, 0.3) is 5.91 Å². The van der Waals surface area contributed by atoms with E-state index in [-0.39, 0.29) is 30.1 Å². The summed E-state index contributed by atoms with van der Waals surface area (Å²) in [5.41, 5.74) is 2.19. The molecule has 2 saturated heterocycles. The van der Waals surface area contributed by atoms with Gasteiger partial charge in [-0.25, -0.2) is 4.79 Å². The number of amides is 6. The fourth-order valence-corrected chi connectivity index (χ4v) is 5.91. The molecular weight excluding hydrogens is 548 g/mol. The van der Waals surface area contributed by atoms with Crippen LogP contribution in [0.25, 0.3) is 6.08 Å². The first kappa shape index (κ1) is 27.9. The summed E-state index contributed by atoms with van der Waals surface area (Å²) in [5.74, 6) is -2.16. The van der Waals surface area contributed by atoms with Crippen LogP contribution >= 0.6 is 11.8 Å². The van der Waals surface area contributed by atoms with Gasteiger partial charge in [-0.1, -0.05) is 30.4 Å². The molecule has 4 heterocycles. The number of aromatic hydroxyl groups is 1. The fraction of sp³-hybridized carbons (Fsp3) is 0.286. The van der Waals surface area contributed by atoms with Crippen molar-refractivity contribution in [3.63, 3.8) is 0 Å². The second-order valence-electron chi connectivity index (χ2n) is 9.57. The van der Waals surface area contributed by atoms with E-state index in [1.54, 1.807) is 30.4 Å². The summed E-state index contributed by atoms with van der Waals surface area (Å²) >= 11 is 1.50. The molecule has 0 saturated carbocycles. The van der Waals surface area contributed by atoms with Gasteiger partial charge in [0.1, 0.15) is 23.2 Å². The van der Waals surface area contributed by atoms with Crippen LogP contribution < -0.4 is 10.6 Å². The highest BCUT2D eigenvalue weighted by Crippen LogP contribution is 2.37. The van der Waals surface area contributed by atoms with E-state index in [1.165, 1.54) is 40.9 Å². The number of urea groups is 1. The molecule has 3 atom stereocenters. The van der Waals surface area contributed by atoms with Crippen LogP contribution in [0.1, 0.15) is 24.1 Å². The van der Waals surface area contributed by atoms with Crippen LogP contribution in [0.2, 0.25) is 0 Å². The number of aromatic nitrogens is 1. The Kier molecular flexibility index (Phi) is 8.06. The molecule has 5 rings (SSSR count). The maximum atomic E-state index is 13.5. The topological polar surface area (TPSA) is 152 Å². The lowest BCUT2D eigenvalue weighted by Crippen LogP contribution is -2.69. The van der Waals surface area contributed by atoms with Gasteiger partial charge in [-0.05, 0) is 41.8 Å². The number of carbonyl (C=O) groups excluding carboxylic acids is 5. The summed E-state index contributed by atoms with van der Waals surface area (Å²) < 4.78 is 0. The van der Waals surface area contributed by atoms with Gasteiger partial charge in [-0.2, -0.15) is 0 Å². The van der Waals surface area contributed by atoms with Crippen LogP contribution in [0.5, 0.6) is 5.75 Å². The van der Waals surface area contributed by atoms with Crippen molar-refractivity contribution in [3.05, 3.63) is 77.8 Å². The maximum absolute atomic E-state index is 13.5. The smallest absolute Gasteiger partial charge is 0.325 e. The lowest BCUT2D eigenvalue weighted by atomic mass is 10.0. The van der Waals surface area contributed by atoms with Gasteiger partial charge >= 0.3 is 17.8 Å². The number of nitrogens with zero attached hydrogens (tertiary/aromatic N) is 4. The highest BCUT2D eigenvalue weighted by atomic mass is 32.2. The van der Waals surface area contributed by atoms with Gasteiger partial charge in [0, 0.05) is 44.0 Å². The number of pyridine rings is 1. The second-order valence-corrected chi connectivity index (χ2v) is 10.7. The minimum Gasteiger partial charge on any atom is -0.508 e. The lowest BCUT2D eigenvalue weighted by Gasteiger charge is -2.47. The van der Waals surface area contributed by atoms with E-state index in [9.17, 15) is 29.1 Å². The van der Waals surface area contributed by atoms with Crippen molar-refractivity contribution >= 4 is 47.5 Å². The predicted octanol–water partition coefficient (Wildman–Crippen LogP) is 1.23. The van der Waals surface area contributed by atoms with Crippen LogP contribution in [0.15, 0.2) is 66.6 Å². The highest BCUT2D eigenvalue weighted by molar-refractivity contribution is 8.00. The quantitative estimate of drug-likeness (QED) is 0.329. The van der Waals surface area contributed by atoms with Crippen LogP contribution in [0.4, 0.5) is 4.79 Å². The van der Waals surface area contributed by atoms with Gasteiger partial charge in [0.2, 0.25) is 5.91 Å². The molecule has 2 unspecified atom stereocenters. The Bertz CT molecular complexity index is 1430. The Morgan fingerprint density at radius 1 is 1.12 bits per heavy atom. The molecule has 0 spiro atoms. The molecule has 0 bridgehead atoms. The van der Waals surface area contributed by atoms with E-state index >= 15 is 0 Å². The second kappa shape index (κ2) is 11.8. The molecule has 13 heteroatoms. The number of phenolic OH excluding ortho intramolecular Hbond substituents is 1. The van der Waals surface area contributed by atoms with Crippen LogP contribution in [-0.4, -0.2) is 91.3 Å². The average molecular weight is 577 g/mol. The number of likely N-dealkylation sites (N-methyl/N-ethyl adjacent to an activating group) is 1. The summed E-state index contributed by atoms with van der Waals surface area (Å²) in [4.78, 5) is 72.1. The molecule has 2 aromatic rings. The summed E-state index contributed by atoms with van der Waals surface area (Å²) in [6, 6.07) is 6.36. The Morgan fingerprint density at radius 3 is 2.61 bits per heavy atom. The van der Waals surface area contributed by atoms with Crippen molar-refractivity contribution in [2.45, 2.75) is 24.4 Å². The number of thioether (sulfide) groups is 1. The molecule has 0 radical (unpaired) electrons. The Balaban J connectivity index is 1.27. The van der Waals surface area contributed by atoms with Crippen molar-refractivity contribution in [2.75, 3.05) is 25.4 Å². The number of imide groups is 1. The normalized spacial score (nSPS) is 21.2. The van der Waals surface area contributed by atoms with E-state index in [0.717, 1.165) is 16.0 Å². The summed E-state index contributed by atoms with van der Waals surface area (Å²) in [6.45, 7) is 2.23. The van der Waals surface area contributed by atoms with Gasteiger partial charge < -0.3 is 25.5 Å². The van der Waals surface area contributed by atoms with E-state index in [4.69, 9.17) is 0 Å². The lowest BCUT2D eigenvalue weighted by molar-refractivity contribution is -0.153. The van der Waals surface area contributed by atoms with E-state index in [0.29, 0.717) is 17.9 Å². The molecule has 3 N–H and O–H groups in total. The zero-order valence-electron chi connectivity index (χ0n) is 22.1. The molecule has 3 aliphatic rings. The molecule has 41 heavy (non-hydrogen) atoms. The fourth-order valence-electron chi connectivity index (χ4n) is 4.67. The Hall–Kier alpha value is -4.65. The molecule has 1 aromatic carbocycles. The van der Waals surface area contributed by atoms with Gasteiger partial charge in [0.05, 0.1) is 0 Å². The SMILES string of the molecule is CCN1CCN(C(=O)NC(C(=O)NC2C(=O)N3C=C(/C=C/c4cccnc4)CS[C@H]23)c2ccc(O)cc2)C(=O)C1=O. The number of fused-ring (bicyclic) bond motifs is 1. The van der Waals surface area contributed by atoms with Crippen LogP contribution in [0, 0.1) is 0 Å². The number of allylic oxidation sites excluding steroid dienone is 1. The third-order valence-corrected chi connectivity index (χ3v) is 8.31. The molecule has 212 valence electrons. The predicted molar refractivity (Wildman–Crippen MR) is 150 cm³/mol. The van der Waals surface area contributed by atoms with Crippen LogP contribution in [0.3, 0.4) is 0 Å². The average Bonchev–Trinajstić information content (AvgIpc) is 2.99. The number of hydrogen-bond donors (Lipinski definition) is 3. The van der Waals surface area contributed by atoms with Crippen molar-refractivity contribution in [3.8, 4) is 5.75 Å². The monoisotopic (exact) mass is 576 g/mol. The zero-order chi connectivity index (χ0) is 29.1. The number of nitrogens with one attached hydrogen (secondary N) is 2. The first-order valence-electron chi connectivity index (χ1n) is 13.0. The first-order valence-corrected chi connectivity index (χ1v) is 14.0. The number of phenols is 1. The van der Waals surface area contributed by atoms with Crippen molar-refractivity contribution in [2.24, 2.45) is 0 Å². The number of hydrogen-bond acceptors (Lipinski definition) is 8. The van der Waals surface area contributed by atoms with E-state index < -0.39 is 35.8 Å². The van der Waals surface area contributed by atoms with E-state index in [2.05, 4.69) is 15.6 Å². The largest absolute Gasteiger partial charge is 0.508 e. The summed E-state index contributed by atoms with van der Waals surface area (Å²) in [7, 11) is 0. The summed E-state index contributed by atoms with van der Waals surface area (Å²) in [5, 5.41) is 14.6. The third-order valence-electron chi connectivity index (χ3n) is 6.97. The number of benzene rings is 1. The Labute approximate surface area is 240 Å². The minimum atomic E-state index is -1.29. The number of β-lactam (4-membered cyclic amide) rings is 1. The molecule has 2 fully saturated rings. The Morgan fingerprint density at radius 2 is 1.90 bits per heavy atom. The van der Waals surface area contributed by atoms with Gasteiger partial charge in [-0.3, -0.25) is 29.1 Å². The molecule has 3 aliphatic heterocycles. The van der Waals surface area contributed by atoms with Crippen LogP contribution in [-0.2, 0) is 19.2 Å². The van der Waals surface area contributed by atoms with Gasteiger partial charge in [-0.15, -0.1) is 11.8 Å². The highest BCUT2D eigenvalue weighted by Gasteiger charge is 2.50. The number of rotatable bonds is 7. The molecule has 0 aliphatic carbocycles. The third kappa shape index (κ3) is 5.80. The number of carbonyl (C=O) groups is 5. The van der Waals surface area contributed by atoms with Crippen molar-refractivity contribution < 1.29 is 29.1 Å². The van der Waals surface area contributed by atoms with Crippen molar-refractivity contribution in [1.82, 2.24) is 30.3 Å². The maximum Gasteiger partial charge on any atom is 0.325 e. The summed E-state index contributed by atoms with van der Waals surface area (Å²) in [6.07, 6.45) is 9.02. The minimum absolute atomic E-state index is 0.0210. The van der Waals surface area contributed by atoms with E-state index in [1.807, 2.05) is 24.3 Å². The van der Waals surface area contributed by atoms with Crippen molar-refractivity contribution in [1.29, 1.82) is 0 Å². The molecule has 1 aromatic heterocycles. The standard InChI is InChI=1S/C28H28N6O6S/c1-2-32-12-13-33(26(39)25(32)38)28(40)31-21(19-7-9-20(35)10-8-19)23(36)30-22-24(37)34-15-18(16-41-27(22)34)6-5-17-4-3-11-29-14-17/h3-11,14-15,21-22,27,35H,2,12-13,16H2,1H3,(H,30,36)(H,31,40)/b6-5+/t21?,22?,27-/m1/s1. The zero-order valence-corrected chi connectivity index (χ0v) is 22.9. The number of piperazine rings is 1. The first-order chi connectivity index (χ1) is 19.8. The molecule has 6 amide bonds. The molecular formula is C28H28N6O6S. The van der Waals surface area contributed by atoms with Gasteiger partial charge in [0.15, 0.2) is 0 Å². The molecule has 12 nitrogen and oxygen atoms in total.